The fourth-order valence-corrected chi connectivity index (χ4v) is 2.52. The van der Waals surface area contributed by atoms with Crippen molar-refractivity contribution < 1.29 is 0 Å². The zero-order valence-electron chi connectivity index (χ0n) is 11.3. The summed E-state index contributed by atoms with van der Waals surface area (Å²) in [6.07, 6.45) is 7.19. The fourth-order valence-electron chi connectivity index (χ4n) is 2.52. The van der Waals surface area contributed by atoms with Gasteiger partial charge in [0, 0.05) is 17.0 Å². The van der Waals surface area contributed by atoms with Crippen molar-refractivity contribution in [1.29, 1.82) is 0 Å². The molecule has 1 heteroatoms. The Morgan fingerprint density at radius 3 is 2.63 bits per heavy atom. The zero-order valence-corrected chi connectivity index (χ0v) is 11.3. The molecule has 0 aromatic heterocycles. The molecule has 98 valence electrons. The minimum Gasteiger partial charge on any atom is -0.398 e. The third-order valence-corrected chi connectivity index (χ3v) is 3.61. The number of nitrogens with two attached hydrogens (primary N) is 1. The summed E-state index contributed by atoms with van der Waals surface area (Å²) < 4.78 is 0. The first-order valence-electron chi connectivity index (χ1n) is 6.78. The predicted octanol–water partition coefficient (Wildman–Crippen LogP) is 5.05. The summed E-state index contributed by atoms with van der Waals surface area (Å²) >= 11 is 0. The van der Waals surface area contributed by atoms with Crippen LogP contribution in [-0.4, -0.2) is 0 Å². The van der Waals surface area contributed by atoms with E-state index < -0.39 is 0 Å². The van der Waals surface area contributed by atoms with Gasteiger partial charge in [-0.3, -0.25) is 0 Å². The molecule has 1 atom stereocenters. The zero-order chi connectivity index (χ0) is 13.7. The van der Waals surface area contributed by atoms with E-state index in [9.17, 15) is 0 Å². The topological polar surface area (TPSA) is 26.0 Å². The van der Waals surface area contributed by atoms with Crippen molar-refractivity contribution in [3.8, 4) is 0 Å². The number of nitrogen functional groups attached to an aromatic ring is 1. The van der Waals surface area contributed by atoms with Gasteiger partial charge >= 0.3 is 0 Å². The maximum atomic E-state index is 6.33. The molecule has 0 bridgehead atoms. The van der Waals surface area contributed by atoms with Gasteiger partial charge < -0.3 is 5.73 Å². The molecule has 0 aliphatic carbocycles. The van der Waals surface area contributed by atoms with Crippen molar-refractivity contribution in [2.24, 2.45) is 0 Å². The number of allylic oxidation sites excluding steroid dienone is 2. The van der Waals surface area contributed by atoms with Gasteiger partial charge in [0.25, 0.3) is 0 Å². The fraction of sp³-hybridized carbons (Fsp3) is 0.222. The highest BCUT2D eigenvalue weighted by molar-refractivity contribution is 5.94. The average molecular weight is 251 g/mol. The molecule has 0 amide bonds. The van der Waals surface area contributed by atoms with Crippen LogP contribution in [0, 0.1) is 0 Å². The van der Waals surface area contributed by atoms with Gasteiger partial charge in [0.1, 0.15) is 0 Å². The lowest BCUT2D eigenvalue weighted by atomic mass is 9.90. The van der Waals surface area contributed by atoms with E-state index >= 15 is 0 Å². The van der Waals surface area contributed by atoms with Gasteiger partial charge in [0.15, 0.2) is 0 Å². The van der Waals surface area contributed by atoms with Crippen molar-refractivity contribution in [2.45, 2.75) is 25.2 Å². The molecule has 1 nitrogen and oxygen atoms in total. The van der Waals surface area contributed by atoms with Crippen molar-refractivity contribution in [2.75, 3.05) is 5.73 Å². The molecule has 0 spiro atoms. The van der Waals surface area contributed by atoms with Gasteiger partial charge in [0.05, 0.1) is 0 Å². The minimum atomic E-state index is 0.324. The molecule has 2 rings (SSSR count). The van der Waals surface area contributed by atoms with E-state index in [4.69, 9.17) is 5.73 Å². The van der Waals surface area contributed by atoms with Crippen LogP contribution < -0.4 is 5.73 Å². The van der Waals surface area contributed by atoms with Gasteiger partial charge in [-0.15, -0.1) is 13.2 Å². The predicted molar refractivity (Wildman–Crippen MR) is 85.3 cm³/mol. The summed E-state index contributed by atoms with van der Waals surface area (Å²) in [6.45, 7) is 7.72. The van der Waals surface area contributed by atoms with Crippen LogP contribution in [0.25, 0.3) is 10.8 Å². The van der Waals surface area contributed by atoms with Gasteiger partial charge in [-0.1, -0.05) is 48.6 Å². The van der Waals surface area contributed by atoms with Crippen molar-refractivity contribution >= 4 is 16.5 Å². The molecular formula is C18H21N. The van der Waals surface area contributed by atoms with E-state index in [0.717, 1.165) is 30.3 Å². The van der Waals surface area contributed by atoms with Crippen LogP contribution in [0.15, 0.2) is 61.7 Å². The molecule has 0 saturated carbocycles. The number of unbranched alkanes of at least 4 members (excludes halogenated alkanes) is 1. The number of hydrogen-bond donors (Lipinski definition) is 1. The molecule has 0 aliphatic rings. The lowest BCUT2D eigenvalue weighted by Crippen LogP contribution is -2.01. The maximum absolute atomic E-state index is 6.33. The second-order valence-corrected chi connectivity index (χ2v) is 4.85. The number of anilines is 1. The maximum Gasteiger partial charge on any atom is 0.0432 e. The Bertz CT molecular complexity index is 583. The first kappa shape index (κ1) is 13.4. The lowest BCUT2D eigenvalue weighted by molar-refractivity contribution is 0.688. The molecule has 2 aromatic carbocycles. The number of fused-ring (bicyclic) bond motifs is 1. The summed E-state index contributed by atoms with van der Waals surface area (Å²) in [4.78, 5) is 0. The molecule has 0 saturated heterocycles. The van der Waals surface area contributed by atoms with Gasteiger partial charge in [-0.05, 0) is 30.2 Å². The van der Waals surface area contributed by atoms with E-state index in [1.54, 1.807) is 0 Å². The van der Waals surface area contributed by atoms with Crippen LogP contribution in [0.5, 0.6) is 0 Å². The summed E-state index contributed by atoms with van der Waals surface area (Å²) in [5, 5.41) is 2.33. The van der Waals surface area contributed by atoms with E-state index in [-0.39, 0.29) is 0 Å². The standard InChI is InChI=1S/C18H21N/c1-3-5-6-9-14(4-2)17-13-12-15-10-7-8-11-16(15)18(17)19/h3-4,7-8,10-14H,1-2,5-6,9,19H2. The molecule has 0 fully saturated rings. The first-order valence-corrected chi connectivity index (χ1v) is 6.78. The largest absolute Gasteiger partial charge is 0.398 e. The monoisotopic (exact) mass is 251 g/mol. The number of hydrogen-bond acceptors (Lipinski definition) is 1. The summed E-state index contributed by atoms with van der Waals surface area (Å²) in [7, 11) is 0. The minimum absolute atomic E-state index is 0.324. The Morgan fingerprint density at radius 1 is 1.11 bits per heavy atom. The van der Waals surface area contributed by atoms with Crippen molar-refractivity contribution in [1.82, 2.24) is 0 Å². The second-order valence-electron chi connectivity index (χ2n) is 4.85. The Labute approximate surface area is 115 Å². The Morgan fingerprint density at radius 2 is 1.89 bits per heavy atom. The van der Waals surface area contributed by atoms with Crippen LogP contribution in [0.1, 0.15) is 30.7 Å². The molecular weight excluding hydrogens is 230 g/mol. The van der Waals surface area contributed by atoms with Crippen molar-refractivity contribution in [3.05, 3.63) is 67.3 Å². The number of rotatable bonds is 6. The molecule has 0 heterocycles. The van der Waals surface area contributed by atoms with E-state index in [0.29, 0.717) is 5.92 Å². The van der Waals surface area contributed by atoms with Crippen molar-refractivity contribution in [3.63, 3.8) is 0 Å². The first-order chi connectivity index (χ1) is 9.27. The summed E-state index contributed by atoms with van der Waals surface area (Å²) in [5.41, 5.74) is 8.41. The molecule has 2 aromatic rings. The third kappa shape index (κ3) is 2.87. The number of benzene rings is 2. The molecule has 0 aliphatic heterocycles. The smallest absolute Gasteiger partial charge is 0.0432 e. The van der Waals surface area contributed by atoms with Gasteiger partial charge in [-0.2, -0.15) is 0 Å². The lowest BCUT2D eigenvalue weighted by Gasteiger charge is -2.16. The average Bonchev–Trinajstić information content (AvgIpc) is 2.45. The van der Waals surface area contributed by atoms with Crippen LogP contribution in [-0.2, 0) is 0 Å². The Kier molecular flexibility index (Phi) is 4.40. The Balaban J connectivity index is 2.34. The highest BCUT2D eigenvalue weighted by atomic mass is 14.6. The van der Waals surface area contributed by atoms with E-state index in [2.05, 4.69) is 37.4 Å². The van der Waals surface area contributed by atoms with Crippen LogP contribution in [0.3, 0.4) is 0 Å². The molecule has 2 N–H and O–H groups in total. The highest BCUT2D eigenvalue weighted by Crippen LogP contribution is 2.33. The molecule has 0 radical (unpaired) electrons. The SMILES string of the molecule is C=CCCCC(C=C)c1ccc2ccccc2c1N. The highest BCUT2D eigenvalue weighted by Gasteiger charge is 2.12. The van der Waals surface area contributed by atoms with E-state index in [1.807, 2.05) is 24.3 Å². The van der Waals surface area contributed by atoms with Gasteiger partial charge in [-0.25, -0.2) is 0 Å². The summed E-state index contributed by atoms with van der Waals surface area (Å²) in [6, 6.07) is 12.5. The van der Waals surface area contributed by atoms with Crippen LogP contribution in [0.2, 0.25) is 0 Å². The Hall–Kier alpha value is -2.02. The van der Waals surface area contributed by atoms with E-state index in [1.165, 1.54) is 10.9 Å². The van der Waals surface area contributed by atoms with Gasteiger partial charge in [0.2, 0.25) is 0 Å². The summed E-state index contributed by atoms with van der Waals surface area (Å²) in [5.74, 6) is 0.324. The normalized spacial score (nSPS) is 12.2. The molecule has 19 heavy (non-hydrogen) atoms. The molecule has 1 unspecified atom stereocenters. The second kappa shape index (κ2) is 6.24. The van der Waals surface area contributed by atoms with Crippen LogP contribution in [0.4, 0.5) is 5.69 Å². The van der Waals surface area contributed by atoms with Crippen LogP contribution >= 0.6 is 0 Å². The third-order valence-electron chi connectivity index (χ3n) is 3.61. The quantitative estimate of drug-likeness (QED) is 0.434.